The minimum Gasteiger partial charge on any atom is -0.323 e. The number of quaternary nitrogens is 2. The molecule has 0 radical (unpaired) electrons. The molecule has 2 aliphatic heterocycles. The Morgan fingerprint density at radius 3 is 1.12 bits per heavy atom. The number of likely N-dealkylation sites (N-methyl/N-ethyl adjacent to an activating group) is 2. The van der Waals surface area contributed by atoms with Crippen molar-refractivity contribution in [2.24, 2.45) is 5.41 Å². The smallest absolute Gasteiger partial charge is 0.323 e. The average Bonchev–Trinajstić information content (AvgIpc) is 2.84. The molecule has 196 valence electrons. The number of rotatable bonds is 14. The third-order valence-electron chi connectivity index (χ3n) is 7.97. The van der Waals surface area contributed by atoms with Crippen LogP contribution in [-0.2, 0) is 27.2 Å². The van der Waals surface area contributed by atoms with Gasteiger partial charge in [0.1, 0.15) is 0 Å². The van der Waals surface area contributed by atoms with Gasteiger partial charge in [-0.05, 0) is 41.5 Å². The van der Waals surface area contributed by atoms with Crippen LogP contribution in [0.1, 0.15) is 41.5 Å². The Bertz CT molecular complexity index is 600. The maximum absolute atomic E-state index is 12.9. The zero-order chi connectivity index (χ0) is 24.6. The molecule has 12 heteroatoms. The van der Waals surface area contributed by atoms with Gasteiger partial charge >= 0.3 is 15.5 Å². The first-order chi connectivity index (χ1) is 15.6. The van der Waals surface area contributed by atoms with Crippen LogP contribution in [0.3, 0.4) is 0 Å². The molecule has 2 fully saturated rings. The lowest BCUT2D eigenvalue weighted by molar-refractivity contribution is -0.922. The van der Waals surface area contributed by atoms with Gasteiger partial charge in [0.25, 0.3) is 0 Å². The summed E-state index contributed by atoms with van der Waals surface area (Å²) in [6.45, 7) is 22.8. The molecule has 2 rings (SSSR count). The molecule has 0 aromatic rings. The molecule has 0 bridgehead atoms. The van der Waals surface area contributed by atoms with Crippen LogP contribution < -0.4 is 10.2 Å². The molecule has 0 aromatic heterocycles. The quantitative estimate of drug-likeness (QED) is 0.270. The summed E-state index contributed by atoms with van der Waals surface area (Å²) in [7, 11) is -6.72. The molecule has 1 spiro atoms. The summed E-state index contributed by atoms with van der Waals surface area (Å²) in [5.74, 6) is 0. The fraction of sp³-hybridized carbons (Fsp3) is 1.00. The van der Waals surface area contributed by atoms with Gasteiger partial charge in [0.05, 0.1) is 97.3 Å². The van der Waals surface area contributed by atoms with E-state index < -0.39 is 20.9 Å². The monoisotopic (exact) mass is 514 g/mol. The van der Waals surface area contributed by atoms with Crippen molar-refractivity contribution in [3.8, 4) is 0 Å². The van der Waals surface area contributed by atoms with Gasteiger partial charge in [-0.1, -0.05) is 0 Å². The van der Waals surface area contributed by atoms with Crippen molar-refractivity contribution in [3.63, 3.8) is 0 Å². The van der Waals surface area contributed by atoms with Crippen LogP contribution in [0.5, 0.6) is 0 Å². The highest BCUT2D eigenvalue weighted by Gasteiger charge is 2.49. The second-order valence-corrected chi connectivity index (χ2v) is 13.1. The van der Waals surface area contributed by atoms with E-state index in [1.54, 1.807) is 0 Å². The lowest BCUT2D eigenvalue weighted by Crippen LogP contribution is -2.52. The molecule has 2 N–H and O–H groups in total. The Balaban J connectivity index is 1.79. The molecular formula is C21H48N4O6P2+2. The first kappa shape index (κ1) is 29.4. The largest absolute Gasteiger partial charge is 0.405 e. The highest BCUT2D eigenvalue weighted by Crippen LogP contribution is 2.55. The SMILES string of the molecule is CC[N+](CC)(CC)CCNP1(=O)OCC2(CO1)COP(=O)(NCC[N+](CC)(CC)CC)OC2. The van der Waals surface area contributed by atoms with Gasteiger partial charge in [0.2, 0.25) is 0 Å². The molecule has 2 saturated heterocycles. The topological polar surface area (TPSA) is 95.1 Å². The van der Waals surface area contributed by atoms with Crippen LogP contribution in [0.2, 0.25) is 0 Å². The van der Waals surface area contributed by atoms with Gasteiger partial charge in [-0.25, -0.2) is 19.3 Å². The number of nitrogens with one attached hydrogen (secondary N) is 2. The third kappa shape index (κ3) is 7.56. The summed E-state index contributed by atoms with van der Waals surface area (Å²) in [6, 6.07) is 0. The van der Waals surface area contributed by atoms with E-state index in [1.165, 1.54) is 0 Å². The van der Waals surface area contributed by atoms with Gasteiger partial charge in [-0.15, -0.1) is 0 Å². The average molecular weight is 515 g/mol. The van der Waals surface area contributed by atoms with E-state index in [2.05, 4.69) is 51.7 Å². The van der Waals surface area contributed by atoms with E-state index in [0.29, 0.717) is 13.1 Å². The van der Waals surface area contributed by atoms with E-state index in [1.807, 2.05) is 0 Å². The molecule has 0 atom stereocenters. The minimum absolute atomic E-state index is 0.175. The molecule has 33 heavy (non-hydrogen) atoms. The third-order valence-corrected chi connectivity index (χ3v) is 11.1. The highest BCUT2D eigenvalue weighted by atomic mass is 31.2. The molecule has 10 nitrogen and oxygen atoms in total. The van der Waals surface area contributed by atoms with E-state index in [9.17, 15) is 9.13 Å². The molecule has 0 aromatic carbocycles. The molecule has 0 unspecified atom stereocenters. The number of hydrogen-bond acceptors (Lipinski definition) is 6. The normalized spacial score (nSPS) is 31.2. The maximum atomic E-state index is 12.9. The van der Waals surface area contributed by atoms with Crippen LogP contribution in [0.25, 0.3) is 0 Å². The molecule has 2 aliphatic rings. The summed E-state index contributed by atoms with van der Waals surface area (Å²) in [4.78, 5) is 0. The Hall–Kier alpha value is 0.140. The van der Waals surface area contributed by atoms with Crippen LogP contribution in [0.15, 0.2) is 0 Å². The van der Waals surface area contributed by atoms with Crippen molar-refractivity contribution >= 4 is 15.5 Å². The molecule has 0 saturated carbocycles. The first-order valence-electron chi connectivity index (χ1n) is 12.6. The first-order valence-corrected chi connectivity index (χ1v) is 15.7. The summed E-state index contributed by atoms with van der Waals surface area (Å²) in [5, 5.41) is 6.00. The Kier molecular flexibility index (Phi) is 11.0. The van der Waals surface area contributed by atoms with Gasteiger partial charge in [-0.2, -0.15) is 0 Å². The van der Waals surface area contributed by atoms with Gasteiger partial charge in [-0.3, -0.25) is 18.1 Å². The van der Waals surface area contributed by atoms with Crippen LogP contribution in [0, 0.1) is 5.41 Å². The van der Waals surface area contributed by atoms with E-state index in [0.717, 1.165) is 61.3 Å². The van der Waals surface area contributed by atoms with Crippen molar-refractivity contribution in [1.82, 2.24) is 10.2 Å². The summed E-state index contributed by atoms with van der Waals surface area (Å²) in [6.07, 6.45) is 0. The van der Waals surface area contributed by atoms with Crippen molar-refractivity contribution in [2.45, 2.75) is 41.5 Å². The lowest BCUT2D eigenvalue weighted by Gasteiger charge is -2.43. The highest BCUT2D eigenvalue weighted by molar-refractivity contribution is 7.52. The molecular weight excluding hydrogens is 466 g/mol. The zero-order valence-electron chi connectivity index (χ0n) is 21.6. The second kappa shape index (κ2) is 12.4. The predicted molar refractivity (Wildman–Crippen MR) is 131 cm³/mol. The van der Waals surface area contributed by atoms with Crippen LogP contribution in [-0.4, -0.2) is 101 Å². The lowest BCUT2D eigenvalue weighted by atomic mass is 9.93. The predicted octanol–water partition coefficient (Wildman–Crippen LogP) is 3.21. The van der Waals surface area contributed by atoms with Crippen molar-refractivity contribution in [2.75, 3.05) is 91.9 Å². The van der Waals surface area contributed by atoms with Crippen molar-refractivity contribution in [3.05, 3.63) is 0 Å². The summed E-state index contributed by atoms with van der Waals surface area (Å²) >= 11 is 0. The Labute approximate surface area is 201 Å². The molecule has 0 aliphatic carbocycles. The fourth-order valence-electron chi connectivity index (χ4n) is 4.53. The maximum Gasteiger partial charge on any atom is 0.405 e. The standard InChI is InChI=1S/C21H48N4O6P2/c1-7-24(8-2,9-3)15-13-22-32(26)28-17-21(18-29-32)19-30-33(27,31-20-21)23-14-16-25(10-4,11-5)12-6/h7-20H2,1-6H3,(H,22,26)(H,23,27)/q+2. The van der Waals surface area contributed by atoms with Crippen LogP contribution in [0.4, 0.5) is 0 Å². The van der Waals surface area contributed by atoms with E-state index in [-0.39, 0.29) is 26.4 Å². The zero-order valence-corrected chi connectivity index (χ0v) is 23.4. The van der Waals surface area contributed by atoms with Gasteiger partial charge in [0.15, 0.2) is 0 Å². The second-order valence-electron chi connectivity index (χ2n) is 9.43. The van der Waals surface area contributed by atoms with Crippen molar-refractivity contribution < 1.29 is 36.2 Å². The van der Waals surface area contributed by atoms with Gasteiger partial charge in [0, 0.05) is 0 Å². The summed E-state index contributed by atoms with van der Waals surface area (Å²) in [5.41, 5.74) is -0.600. The molecule has 0 amide bonds. The Morgan fingerprint density at radius 2 is 0.879 bits per heavy atom. The number of hydrogen-bond donors (Lipinski definition) is 2. The number of nitrogens with zero attached hydrogens (tertiary/aromatic N) is 2. The minimum atomic E-state index is -3.36. The van der Waals surface area contributed by atoms with Gasteiger partial charge < -0.3 is 8.97 Å². The van der Waals surface area contributed by atoms with E-state index >= 15 is 0 Å². The Morgan fingerprint density at radius 1 is 0.606 bits per heavy atom. The summed E-state index contributed by atoms with van der Waals surface area (Å²) < 4.78 is 50.4. The van der Waals surface area contributed by atoms with Crippen LogP contribution >= 0.6 is 15.5 Å². The molecule has 2 heterocycles. The van der Waals surface area contributed by atoms with Crippen molar-refractivity contribution in [1.29, 1.82) is 0 Å². The van der Waals surface area contributed by atoms with E-state index in [4.69, 9.17) is 18.1 Å². The fourth-order valence-corrected chi connectivity index (χ4v) is 7.57.